The molecule has 0 N–H and O–H groups in total. The first-order valence-electron chi connectivity index (χ1n) is 36.3. The van der Waals surface area contributed by atoms with E-state index in [-0.39, 0.29) is 11.9 Å². The molecule has 0 heterocycles. The van der Waals surface area contributed by atoms with Crippen LogP contribution in [-0.2, 0) is 33.4 Å². The van der Waals surface area contributed by atoms with Gasteiger partial charge in [0.25, 0.3) is 0 Å². The second-order valence-electron chi connectivity index (χ2n) is 25.2. The van der Waals surface area contributed by atoms with Gasteiger partial charge in [0.1, 0.15) is 0 Å². The van der Waals surface area contributed by atoms with Crippen molar-refractivity contribution in [2.75, 3.05) is 72.7 Å². The van der Waals surface area contributed by atoms with Gasteiger partial charge in [0.2, 0.25) is 11.8 Å². The lowest BCUT2D eigenvalue weighted by Gasteiger charge is -2.24. The van der Waals surface area contributed by atoms with Crippen molar-refractivity contribution < 1.29 is 33.4 Å². The number of carbonyl (C=O) groups is 4. The molecule has 0 aromatic heterocycles. The maximum absolute atomic E-state index is 13.6. The third-order valence-electron chi connectivity index (χ3n) is 17.3. The first kappa shape index (κ1) is 79.8. The van der Waals surface area contributed by atoms with Crippen molar-refractivity contribution in [1.29, 1.82) is 0 Å². The third-order valence-corrected chi connectivity index (χ3v) is 17.3. The number of methoxy groups -OCH3 is 1. The van der Waals surface area contributed by atoms with Gasteiger partial charge >= 0.3 is 11.9 Å². The van der Waals surface area contributed by atoms with Crippen molar-refractivity contribution in [3.63, 3.8) is 0 Å². The zero-order chi connectivity index (χ0) is 60.0. The van der Waals surface area contributed by atoms with Crippen molar-refractivity contribution in [2.24, 2.45) is 11.8 Å². The van der Waals surface area contributed by atoms with Gasteiger partial charge in [-0.1, -0.05) is 234 Å². The average molecular weight is 1160 g/mol. The fourth-order valence-corrected chi connectivity index (χ4v) is 11.7. The van der Waals surface area contributed by atoms with Gasteiger partial charge in [0.05, 0.1) is 13.2 Å². The number of amides is 2. The minimum absolute atomic E-state index is 0.0472. The van der Waals surface area contributed by atoms with E-state index in [1.165, 1.54) is 193 Å². The Morgan fingerprint density at radius 2 is 0.549 bits per heavy atom. The van der Waals surface area contributed by atoms with Crippen molar-refractivity contribution in [3.05, 3.63) is 0 Å². The van der Waals surface area contributed by atoms with E-state index in [9.17, 15) is 19.2 Å². The van der Waals surface area contributed by atoms with Crippen molar-refractivity contribution in [1.82, 2.24) is 14.7 Å². The van der Waals surface area contributed by atoms with E-state index >= 15 is 0 Å². The molecule has 0 saturated heterocycles. The van der Waals surface area contributed by atoms with Crippen molar-refractivity contribution in [3.8, 4) is 0 Å². The highest BCUT2D eigenvalue weighted by molar-refractivity contribution is 5.76. The highest BCUT2D eigenvalue weighted by atomic mass is 16.5. The maximum atomic E-state index is 13.6. The number of rotatable bonds is 66. The predicted molar refractivity (Wildman–Crippen MR) is 351 cm³/mol. The van der Waals surface area contributed by atoms with Gasteiger partial charge in [-0.05, 0) is 121 Å². The molecule has 0 aliphatic heterocycles. The van der Waals surface area contributed by atoms with Crippen LogP contribution in [0.4, 0.5) is 0 Å². The van der Waals surface area contributed by atoms with Gasteiger partial charge in [-0.15, -0.1) is 0 Å². The van der Waals surface area contributed by atoms with E-state index in [2.05, 4.69) is 56.2 Å². The monoisotopic (exact) mass is 1160 g/mol. The molecule has 0 saturated carbocycles. The van der Waals surface area contributed by atoms with Gasteiger partial charge < -0.3 is 28.9 Å². The second-order valence-corrected chi connectivity index (χ2v) is 25.2. The second kappa shape index (κ2) is 63.3. The minimum atomic E-state index is -0.0472. The molecule has 0 spiro atoms. The molecule has 10 heteroatoms. The fraction of sp³-hybridized carbons (Fsp3) is 0.944. The van der Waals surface area contributed by atoms with E-state index in [0.29, 0.717) is 62.5 Å². The Morgan fingerprint density at radius 1 is 0.293 bits per heavy atom. The van der Waals surface area contributed by atoms with Gasteiger partial charge in [-0.3, -0.25) is 19.2 Å². The molecule has 82 heavy (non-hydrogen) atoms. The summed E-state index contributed by atoms with van der Waals surface area (Å²) in [6, 6.07) is 0. The summed E-state index contributed by atoms with van der Waals surface area (Å²) in [4.78, 5) is 59.7. The summed E-state index contributed by atoms with van der Waals surface area (Å²) in [7, 11) is 1.78. The highest BCUT2D eigenvalue weighted by Gasteiger charge is 2.18. The molecule has 2 atom stereocenters. The van der Waals surface area contributed by atoms with E-state index in [1.807, 2.05) is 0 Å². The summed E-state index contributed by atoms with van der Waals surface area (Å²) in [6.45, 7) is 21.8. The summed E-state index contributed by atoms with van der Waals surface area (Å²) < 4.78 is 17.2. The van der Waals surface area contributed by atoms with Crippen LogP contribution in [0.5, 0.6) is 0 Å². The van der Waals surface area contributed by atoms with Crippen LogP contribution in [-0.4, -0.2) is 111 Å². The summed E-state index contributed by atoms with van der Waals surface area (Å²) in [5.41, 5.74) is 0. The Kier molecular flexibility index (Phi) is 61.6. The smallest absolute Gasteiger partial charge is 0.305 e. The molecule has 0 aromatic rings. The van der Waals surface area contributed by atoms with Crippen LogP contribution in [0.25, 0.3) is 0 Å². The van der Waals surface area contributed by atoms with E-state index in [4.69, 9.17) is 14.2 Å². The Hall–Kier alpha value is -2.20. The number of carbonyl (C=O) groups excluding carboxylic acids is 4. The van der Waals surface area contributed by atoms with Crippen LogP contribution in [0.3, 0.4) is 0 Å². The molecule has 0 fully saturated rings. The molecule has 0 bridgehead atoms. The number of ether oxygens (including phenoxy) is 3. The van der Waals surface area contributed by atoms with Crippen molar-refractivity contribution in [2.45, 2.75) is 356 Å². The van der Waals surface area contributed by atoms with Gasteiger partial charge in [-0.25, -0.2) is 0 Å². The lowest BCUT2D eigenvalue weighted by molar-refractivity contribution is -0.146. The van der Waals surface area contributed by atoms with Crippen LogP contribution >= 0.6 is 0 Å². The molecule has 0 aliphatic carbocycles. The van der Waals surface area contributed by atoms with Crippen LogP contribution in [0, 0.1) is 11.8 Å². The third kappa shape index (κ3) is 53.3. The van der Waals surface area contributed by atoms with E-state index in [0.717, 1.165) is 149 Å². The number of unbranched alkanes of at least 4 members (excludes halogenated alkanes) is 30. The maximum Gasteiger partial charge on any atom is 0.305 e. The highest BCUT2D eigenvalue weighted by Crippen LogP contribution is 2.22. The standard InChI is InChI=1S/C72H141N3O7/c1-8-14-20-26-28-36-51-67(49-34-22-16-10-3)65-81-71(78)55-40-32-46-62-74(60-44-24-18-12-5)69(76)53-38-30-42-57-73(59-48-64-80-7)58-43-31-39-54-70(77)75(61-45-25-19-13-6)63-47-33-41-56-72(79)82-66-68(50-35-23-17-11-4)52-37-29-27-21-15-9-2/h67-68H,8-66H2,1-7H3. The average Bonchev–Trinajstić information content (AvgIpc) is 3.47. The van der Waals surface area contributed by atoms with E-state index < -0.39 is 0 Å². The molecule has 0 aliphatic rings. The Morgan fingerprint density at radius 3 is 0.878 bits per heavy atom. The molecule has 10 nitrogen and oxygen atoms in total. The first-order chi connectivity index (χ1) is 40.2. The summed E-state index contributed by atoms with van der Waals surface area (Å²) in [5, 5.41) is 0. The molecule has 486 valence electrons. The first-order valence-corrected chi connectivity index (χ1v) is 36.3. The largest absolute Gasteiger partial charge is 0.465 e. The van der Waals surface area contributed by atoms with E-state index in [1.54, 1.807) is 7.11 Å². The fourth-order valence-electron chi connectivity index (χ4n) is 11.7. The summed E-state index contributed by atoms with van der Waals surface area (Å²) in [6.07, 6.45) is 54.4. The number of esters is 2. The molecule has 2 unspecified atom stereocenters. The Balaban J connectivity index is 4.90. The number of hydrogen-bond donors (Lipinski definition) is 0. The molecule has 0 aromatic carbocycles. The minimum Gasteiger partial charge on any atom is -0.465 e. The molecule has 0 radical (unpaired) electrons. The van der Waals surface area contributed by atoms with Crippen LogP contribution < -0.4 is 0 Å². The van der Waals surface area contributed by atoms with Crippen LogP contribution in [0.2, 0.25) is 0 Å². The SMILES string of the molecule is CCCCCCCCC(CCCCCC)COC(=O)CCCCCN(CCCCCC)C(=O)CCCCCN(CCCCCC(=O)N(CCCCCC)CCCCCC(=O)OCC(CCCCCC)CCCCCCCC)CCCOC. The van der Waals surface area contributed by atoms with Gasteiger partial charge in [-0.2, -0.15) is 0 Å². The van der Waals surface area contributed by atoms with Crippen LogP contribution in [0.1, 0.15) is 356 Å². The number of nitrogens with zero attached hydrogens (tertiary/aromatic N) is 3. The summed E-state index contributed by atoms with van der Waals surface area (Å²) >= 11 is 0. The Bertz CT molecular complexity index is 1290. The predicted octanol–water partition coefficient (Wildman–Crippen LogP) is 20.1. The Labute approximate surface area is 510 Å². The lowest BCUT2D eigenvalue weighted by Crippen LogP contribution is -2.33. The van der Waals surface area contributed by atoms with Gasteiger partial charge in [0, 0.05) is 72.1 Å². The zero-order valence-corrected chi connectivity index (χ0v) is 56.1. The van der Waals surface area contributed by atoms with Crippen LogP contribution in [0.15, 0.2) is 0 Å². The quantitative estimate of drug-likeness (QED) is 0.0438. The normalized spacial score (nSPS) is 12.3. The molecular weight excluding hydrogens is 1020 g/mol. The molecule has 2 amide bonds. The molecular formula is C72H141N3O7. The number of hydrogen-bond acceptors (Lipinski definition) is 8. The van der Waals surface area contributed by atoms with Gasteiger partial charge in [0.15, 0.2) is 0 Å². The molecule has 0 rings (SSSR count). The summed E-state index contributed by atoms with van der Waals surface area (Å²) in [5.74, 6) is 1.48. The zero-order valence-electron chi connectivity index (χ0n) is 56.1. The lowest BCUT2D eigenvalue weighted by atomic mass is 9.95. The topological polar surface area (TPSA) is 106 Å². The van der Waals surface area contributed by atoms with Crippen molar-refractivity contribution >= 4 is 23.8 Å².